The van der Waals surface area contributed by atoms with Crippen molar-refractivity contribution in [3.63, 3.8) is 0 Å². The lowest BCUT2D eigenvalue weighted by Gasteiger charge is -2.38. The lowest BCUT2D eigenvalue weighted by molar-refractivity contribution is -0.0924. The number of rotatable bonds is 4. The largest absolute Gasteiger partial charge is 0.383 e. The topological polar surface area (TPSA) is 37.4 Å². The van der Waals surface area contributed by atoms with Crippen LogP contribution >= 0.6 is 0 Å². The second-order valence-corrected chi connectivity index (χ2v) is 6.73. The standard InChI is InChI=1S/C16H25N3O/c1-16(11-20-12-16)10-18-14-5-6-15(17-8-14)13-4-3-7-19(2)9-13/h5-6,8,13,18H,3-4,7,9-12H2,1-2H3/t13-/m1/s1. The summed E-state index contributed by atoms with van der Waals surface area (Å²) in [5, 5.41) is 3.47. The SMILES string of the molecule is CN1CCC[C@@H](c2ccc(NCC3(C)COC3)cn2)C1. The van der Waals surface area contributed by atoms with E-state index in [0.29, 0.717) is 11.3 Å². The quantitative estimate of drug-likeness (QED) is 0.915. The number of nitrogens with one attached hydrogen (secondary N) is 1. The molecule has 1 aromatic rings. The molecule has 0 radical (unpaired) electrons. The number of pyridine rings is 1. The van der Waals surface area contributed by atoms with Crippen LogP contribution in [0.15, 0.2) is 18.3 Å². The molecule has 1 N–H and O–H groups in total. The van der Waals surface area contributed by atoms with E-state index >= 15 is 0 Å². The third kappa shape index (κ3) is 3.13. The van der Waals surface area contributed by atoms with E-state index in [4.69, 9.17) is 4.74 Å². The zero-order valence-corrected chi connectivity index (χ0v) is 12.6. The van der Waals surface area contributed by atoms with Crippen LogP contribution in [0.5, 0.6) is 0 Å². The Morgan fingerprint density at radius 1 is 1.45 bits per heavy atom. The van der Waals surface area contributed by atoms with Crippen molar-refractivity contribution < 1.29 is 4.74 Å². The summed E-state index contributed by atoms with van der Waals surface area (Å²) in [6, 6.07) is 4.35. The highest BCUT2D eigenvalue weighted by Crippen LogP contribution is 2.28. The van der Waals surface area contributed by atoms with Gasteiger partial charge in [-0.25, -0.2) is 0 Å². The van der Waals surface area contributed by atoms with Gasteiger partial charge in [-0.2, -0.15) is 0 Å². The maximum atomic E-state index is 5.27. The normalized spacial score (nSPS) is 26.0. The van der Waals surface area contributed by atoms with Crippen LogP contribution in [0.25, 0.3) is 0 Å². The summed E-state index contributed by atoms with van der Waals surface area (Å²) in [6.07, 6.45) is 4.52. The summed E-state index contributed by atoms with van der Waals surface area (Å²) in [7, 11) is 2.20. The van der Waals surface area contributed by atoms with Crippen LogP contribution in [0.4, 0.5) is 5.69 Å². The third-order valence-electron chi connectivity index (χ3n) is 4.45. The van der Waals surface area contributed by atoms with Gasteiger partial charge in [0.15, 0.2) is 0 Å². The Morgan fingerprint density at radius 3 is 2.90 bits per heavy atom. The van der Waals surface area contributed by atoms with Crippen LogP contribution in [0.2, 0.25) is 0 Å². The molecule has 1 atom stereocenters. The number of hydrogen-bond acceptors (Lipinski definition) is 4. The summed E-state index contributed by atoms with van der Waals surface area (Å²) in [4.78, 5) is 7.06. The number of ether oxygens (including phenoxy) is 1. The Labute approximate surface area is 121 Å². The van der Waals surface area contributed by atoms with E-state index in [-0.39, 0.29) is 0 Å². The van der Waals surface area contributed by atoms with Crippen molar-refractivity contribution in [3.8, 4) is 0 Å². The first-order chi connectivity index (χ1) is 9.65. The molecule has 2 fully saturated rings. The minimum atomic E-state index is 0.296. The van der Waals surface area contributed by atoms with Gasteiger partial charge in [0.25, 0.3) is 0 Å². The molecule has 0 spiro atoms. The highest BCUT2D eigenvalue weighted by Gasteiger charge is 2.32. The molecular weight excluding hydrogens is 250 g/mol. The Hall–Kier alpha value is -1.13. The molecule has 0 saturated carbocycles. The fraction of sp³-hybridized carbons (Fsp3) is 0.688. The van der Waals surface area contributed by atoms with E-state index in [1.165, 1.54) is 25.1 Å². The molecule has 0 amide bonds. The molecule has 20 heavy (non-hydrogen) atoms. The van der Waals surface area contributed by atoms with E-state index in [2.05, 4.69) is 41.3 Å². The lowest BCUT2D eigenvalue weighted by Crippen LogP contribution is -2.45. The molecule has 0 aliphatic carbocycles. The predicted molar refractivity (Wildman–Crippen MR) is 81.1 cm³/mol. The Morgan fingerprint density at radius 2 is 2.30 bits per heavy atom. The zero-order valence-electron chi connectivity index (χ0n) is 12.6. The lowest BCUT2D eigenvalue weighted by atomic mass is 9.89. The Kier molecular flexibility index (Phi) is 3.94. The van der Waals surface area contributed by atoms with Crippen molar-refractivity contribution in [2.75, 3.05) is 45.2 Å². The van der Waals surface area contributed by atoms with E-state index in [9.17, 15) is 0 Å². The molecule has 0 aromatic carbocycles. The van der Waals surface area contributed by atoms with Gasteiger partial charge in [-0.1, -0.05) is 6.92 Å². The van der Waals surface area contributed by atoms with Crippen LogP contribution in [-0.2, 0) is 4.74 Å². The van der Waals surface area contributed by atoms with Crippen molar-refractivity contribution in [1.82, 2.24) is 9.88 Å². The monoisotopic (exact) mass is 275 g/mol. The van der Waals surface area contributed by atoms with Crippen LogP contribution in [0, 0.1) is 5.41 Å². The maximum Gasteiger partial charge on any atom is 0.0559 e. The molecular formula is C16H25N3O. The molecule has 0 bridgehead atoms. The fourth-order valence-electron chi connectivity index (χ4n) is 3.03. The molecule has 2 aliphatic rings. The molecule has 2 aliphatic heterocycles. The van der Waals surface area contributed by atoms with Gasteiger partial charge in [0.05, 0.1) is 25.1 Å². The van der Waals surface area contributed by atoms with Gasteiger partial charge in [-0.3, -0.25) is 4.98 Å². The molecule has 2 saturated heterocycles. The average Bonchev–Trinajstić information content (AvgIpc) is 2.44. The summed E-state index contributed by atoms with van der Waals surface area (Å²) in [6.45, 7) is 7.29. The number of hydrogen-bond donors (Lipinski definition) is 1. The molecule has 4 nitrogen and oxygen atoms in total. The van der Waals surface area contributed by atoms with Crippen molar-refractivity contribution in [3.05, 3.63) is 24.0 Å². The minimum absolute atomic E-state index is 0.296. The van der Waals surface area contributed by atoms with Gasteiger partial charge in [0.1, 0.15) is 0 Å². The van der Waals surface area contributed by atoms with Crippen LogP contribution in [0.3, 0.4) is 0 Å². The number of likely N-dealkylation sites (tertiary alicyclic amines) is 1. The van der Waals surface area contributed by atoms with Crippen LogP contribution < -0.4 is 5.32 Å². The van der Waals surface area contributed by atoms with Crippen LogP contribution in [0.1, 0.15) is 31.4 Å². The predicted octanol–water partition coefficient (Wildman–Crippen LogP) is 2.34. The maximum absolute atomic E-state index is 5.27. The highest BCUT2D eigenvalue weighted by atomic mass is 16.5. The Balaban J connectivity index is 1.56. The van der Waals surface area contributed by atoms with Crippen molar-refractivity contribution in [1.29, 1.82) is 0 Å². The van der Waals surface area contributed by atoms with Crippen molar-refractivity contribution in [2.24, 2.45) is 5.41 Å². The number of piperidine rings is 1. The summed E-state index contributed by atoms with van der Waals surface area (Å²) < 4.78 is 5.27. The van der Waals surface area contributed by atoms with Crippen molar-refractivity contribution >= 4 is 5.69 Å². The third-order valence-corrected chi connectivity index (χ3v) is 4.45. The highest BCUT2D eigenvalue weighted by molar-refractivity contribution is 5.41. The molecule has 4 heteroatoms. The van der Waals surface area contributed by atoms with Gasteiger partial charge < -0.3 is 15.0 Å². The molecule has 3 rings (SSSR count). The second kappa shape index (κ2) is 5.70. The van der Waals surface area contributed by atoms with E-state index in [1.807, 2.05) is 6.20 Å². The smallest absolute Gasteiger partial charge is 0.0559 e. The first-order valence-corrected chi connectivity index (χ1v) is 7.61. The Bertz CT molecular complexity index is 442. The molecule has 1 aromatic heterocycles. The van der Waals surface area contributed by atoms with Crippen LogP contribution in [-0.4, -0.2) is 49.8 Å². The minimum Gasteiger partial charge on any atom is -0.383 e. The summed E-state index contributed by atoms with van der Waals surface area (Å²) in [5.74, 6) is 0.598. The van der Waals surface area contributed by atoms with Gasteiger partial charge in [0.2, 0.25) is 0 Å². The van der Waals surface area contributed by atoms with Crippen molar-refractivity contribution in [2.45, 2.75) is 25.7 Å². The van der Waals surface area contributed by atoms with Gasteiger partial charge in [-0.05, 0) is 38.6 Å². The number of aromatic nitrogens is 1. The van der Waals surface area contributed by atoms with E-state index in [1.54, 1.807) is 0 Å². The summed E-state index contributed by atoms with van der Waals surface area (Å²) in [5.41, 5.74) is 2.65. The number of anilines is 1. The first-order valence-electron chi connectivity index (χ1n) is 7.61. The van der Waals surface area contributed by atoms with E-state index < -0.39 is 0 Å². The molecule has 110 valence electrons. The first kappa shape index (κ1) is 13.8. The average molecular weight is 275 g/mol. The second-order valence-electron chi connectivity index (χ2n) is 6.73. The zero-order chi connectivity index (χ0) is 14.0. The van der Waals surface area contributed by atoms with Gasteiger partial charge in [-0.15, -0.1) is 0 Å². The fourth-order valence-corrected chi connectivity index (χ4v) is 3.03. The van der Waals surface area contributed by atoms with E-state index in [0.717, 1.165) is 32.0 Å². The van der Waals surface area contributed by atoms with Gasteiger partial charge in [0, 0.05) is 30.1 Å². The molecule has 3 heterocycles. The molecule has 0 unspecified atom stereocenters. The number of likely N-dealkylation sites (N-methyl/N-ethyl adjacent to an activating group) is 1. The number of nitrogens with zero attached hydrogens (tertiary/aromatic N) is 2. The summed E-state index contributed by atoms with van der Waals surface area (Å²) >= 11 is 0. The van der Waals surface area contributed by atoms with Gasteiger partial charge >= 0.3 is 0 Å².